The Morgan fingerprint density at radius 3 is 2.87 bits per heavy atom. The summed E-state index contributed by atoms with van der Waals surface area (Å²) in [4.78, 5) is 16.2. The number of benzene rings is 1. The van der Waals surface area contributed by atoms with Crippen molar-refractivity contribution in [2.45, 2.75) is 13.5 Å². The van der Waals surface area contributed by atoms with Gasteiger partial charge in [0.05, 0.1) is 11.0 Å². The van der Waals surface area contributed by atoms with Gasteiger partial charge in [-0.15, -0.1) is 0 Å². The van der Waals surface area contributed by atoms with E-state index in [1.165, 1.54) is 5.56 Å². The van der Waals surface area contributed by atoms with Crippen LogP contribution in [0.15, 0.2) is 59.3 Å². The van der Waals surface area contributed by atoms with Crippen molar-refractivity contribution in [3.05, 3.63) is 76.2 Å². The number of anilines is 1. The molecular weight excluding hydrogens is 356 g/mol. The second kappa shape index (κ2) is 6.75. The van der Waals surface area contributed by atoms with Crippen LogP contribution in [-0.4, -0.2) is 20.7 Å². The van der Waals surface area contributed by atoms with Crippen molar-refractivity contribution in [2.75, 3.05) is 5.32 Å². The third-order valence-corrected chi connectivity index (χ3v) is 3.85. The quantitative estimate of drug-likeness (QED) is 0.762. The van der Waals surface area contributed by atoms with E-state index in [4.69, 9.17) is 0 Å². The van der Waals surface area contributed by atoms with E-state index in [1.807, 2.05) is 12.3 Å². The van der Waals surface area contributed by atoms with Crippen LogP contribution in [-0.2, 0) is 6.54 Å². The highest BCUT2D eigenvalue weighted by Crippen LogP contribution is 2.21. The Morgan fingerprint density at radius 1 is 1.26 bits per heavy atom. The number of aryl methyl sites for hydroxylation is 1. The molecule has 1 aromatic carbocycles. The number of amides is 1. The Morgan fingerprint density at radius 2 is 2.13 bits per heavy atom. The lowest BCUT2D eigenvalue weighted by Gasteiger charge is -2.03. The molecule has 116 valence electrons. The highest BCUT2D eigenvalue weighted by atomic mass is 79.9. The standard InChI is InChI=1S/C17H15BrN4O/c1-12-5-4-6-13(9-12)10-22-11-14(18)16(21-22)20-17(23)15-7-2-3-8-19-15/h2-9,11H,10H2,1H3,(H,20,21,23). The van der Waals surface area contributed by atoms with E-state index in [1.54, 1.807) is 29.1 Å². The van der Waals surface area contributed by atoms with Gasteiger partial charge in [-0.2, -0.15) is 5.10 Å². The molecule has 6 heteroatoms. The maximum Gasteiger partial charge on any atom is 0.275 e. The summed E-state index contributed by atoms with van der Waals surface area (Å²) in [6.45, 7) is 2.70. The van der Waals surface area contributed by atoms with E-state index in [9.17, 15) is 4.79 Å². The summed E-state index contributed by atoms with van der Waals surface area (Å²) in [7, 11) is 0. The SMILES string of the molecule is Cc1cccc(Cn2cc(Br)c(NC(=O)c3ccccn3)n2)c1. The fraction of sp³-hybridized carbons (Fsp3) is 0.118. The zero-order valence-corrected chi connectivity index (χ0v) is 14.1. The summed E-state index contributed by atoms with van der Waals surface area (Å²) in [6, 6.07) is 13.4. The Bertz CT molecular complexity index is 830. The number of hydrogen-bond acceptors (Lipinski definition) is 3. The van der Waals surface area contributed by atoms with E-state index >= 15 is 0 Å². The third kappa shape index (κ3) is 3.84. The minimum absolute atomic E-state index is 0.285. The molecule has 0 bridgehead atoms. The largest absolute Gasteiger partial charge is 0.303 e. The van der Waals surface area contributed by atoms with Crippen LogP contribution in [0.25, 0.3) is 0 Å². The van der Waals surface area contributed by atoms with Crippen LogP contribution < -0.4 is 5.32 Å². The molecule has 0 fully saturated rings. The summed E-state index contributed by atoms with van der Waals surface area (Å²) in [6.07, 6.45) is 3.43. The summed E-state index contributed by atoms with van der Waals surface area (Å²) in [5.74, 6) is 0.195. The molecule has 0 saturated carbocycles. The molecule has 5 nitrogen and oxygen atoms in total. The minimum Gasteiger partial charge on any atom is -0.303 e. The molecular formula is C17H15BrN4O. The smallest absolute Gasteiger partial charge is 0.275 e. The number of pyridine rings is 1. The van der Waals surface area contributed by atoms with E-state index in [-0.39, 0.29) is 5.91 Å². The van der Waals surface area contributed by atoms with Crippen molar-refractivity contribution in [2.24, 2.45) is 0 Å². The van der Waals surface area contributed by atoms with Crippen LogP contribution in [0.1, 0.15) is 21.6 Å². The first-order valence-corrected chi connectivity index (χ1v) is 7.92. The fourth-order valence-corrected chi connectivity index (χ4v) is 2.64. The van der Waals surface area contributed by atoms with E-state index < -0.39 is 0 Å². The molecule has 1 N–H and O–H groups in total. The third-order valence-electron chi connectivity index (χ3n) is 3.27. The molecule has 23 heavy (non-hydrogen) atoms. The van der Waals surface area contributed by atoms with Crippen LogP contribution >= 0.6 is 15.9 Å². The highest BCUT2D eigenvalue weighted by molar-refractivity contribution is 9.10. The van der Waals surface area contributed by atoms with Gasteiger partial charge in [0.2, 0.25) is 0 Å². The lowest BCUT2D eigenvalue weighted by molar-refractivity contribution is 0.102. The van der Waals surface area contributed by atoms with Crippen molar-refractivity contribution < 1.29 is 4.79 Å². The van der Waals surface area contributed by atoms with Gasteiger partial charge in [-0.3, -0.25) is 14.5 Å². The van der Waals surface area contributed by atoms with Gasteiger partial charge in [-0.1, -0.05) is 35.9 Å². The Labute approximate surface area is 142 Å². The van der Waals surface area contributed by atoms with Gasteiger partial charge >= 0.3 is 0 Å². The highest BCUT2D eigenvalue weighted by Gasteiger charge is 2.12. The topological polar surface area (TPSA) is 59.8 Å². The van der Waals surface area contributed by atoms with Crippen molar-refractivity contribution in [3.8, 4) is 0 Å². The number of carbonyl (C=O) groups is 1. The van der Waals surface area contributed by atoms with E-state index in [2.05, 4.69) is 56.5 Å². The molecule has 0 atom stereocenters. The van der Waals surface area contributed by atoms with Crippen LogP contribution in [0, 0.1) is 6.92 Å². The molecule has 0 aliphatic carbocycles. The maximum atomic E-state index is 12.1. The molecule has 3 aromatic rings. The van der Waals surface area contributed by atoms with Gasteiger partial charge in [0.1, 0.15) is 5.69 Å². The molecule has 0 saturated heterocycles. The molecule has 2 aromatic heterocycles. The summed E-state index contributed by atoms with van der Waals surface area (Å²) in [5.41, 5.74) is 2.72. The number of rotatable bonds is 4. The minimum atomic E-state index is -0.285. The number of carbonyl (C=O) groups excluding carboxylic acids is 1. The molecule has 1 amide bonds. The molecule has 0 radical (unpaired) electrons. The number of nitrogens with zero attached hydrogens (tertiary/aromatic N) is 3. The Hall–Kier alpha value is -2.47. The van der Waals surface area contributed by atoms with Gasteiger partial charge < -0.3 is 5.32 Å². The number of nitrogens with one attached hydrogen (secondary N) is 1. The van der Waals surface area contributed by atoms with Crippen LogP contribution in [0.4, 0.5) is 5.82 Å². The summed E-state index contributed by atoms with van der Waals surface area (Å²) >= 11 is 3.43. The van der Waals surface area contributed by atoms with Crippen molar-refractivity contribution in [1.29, 1.82) is 0 Å². The predicted molar refractivity (Wildman–Crippen MR) is 92.4 cm³/mol. The van der Waals surface area contributed by atoms with Crippen molar-refractivity contribution >= 4 is 27.7 Å². The molecule has 0 spiro atoms. The first kappa shape index (κ1) is 15.4. The molecule has 0 aliphatic heterocycles. The fourth-order valence-electron chi connectivity index (χ4n) is 2.23. The summed E-state index contributed by atoms with van der Waals surface area (Å²) < 4.78 is 2.52. The number of halogens is 1. The first-order valence-electron chi connectivity index (χ1n) is 7.13. The predicted octanol–water partition coefficient (Wildman–Crippen LogP) is 3.65. The maximum absolute atomic E-state index is 12.1. The molecule has 2 heterocycles. The van der Waals surface area contributed by atoms with Crippen LogP contribution in [0.2, 0.25) is 0 Å². The van der Waals surface area contributed by atoms with Gasteiger partial charge in [0.15, 0.2) is 5.82 Å². The average Bonchev–Trinajstić information content (AvgIpc) is 2.87. The Kier molecular flexibility index (Phi) is 4.52. The molecule has 3 rings (SSSR count). The monoisotopic (exact) mass is 370 g/mol. The number of aromatic nitrogens is 3. The van der Waals surface area contributed by atoms with E-state index in [0.29, 0.717) is 18.1 Å². The lowest BCUT2D eigenvalue weighted by atomic mass is 10.1. The van der Waals surface area contributed by atoms with Gasteiger partial charge in [-0.25, -0.2) is 0 Å². The van der Waals surface area contributed by atoms with Crippen molar-refractivity contribution in [3.63, 3.8) is 0 Å². The van der Waals surface area contributed by atoms with Gasteiger partial charge in [-0.05, 0) is 40.5 Å². The summed E-state index contributed by atoms with van der Waals surface area (Å²) in [5, 5.41) is 7.17. The van der Waals surface area contributed by atoms with Gasteiger partial charge in [0, 0.05) is 12.4 Å². The molecule has 0 unspecified atom stereocenters. The number of hydrogen-bond donors (Lipinski definition) is 1. The molecule has 0 aliphatic rings. The van der Waals surface area contributed by atoms with Crippen molar-refractivity contribution in [1.82, 2.24) is 14.8 Å². The first-order chi connectivity index (χ1) is 11.1. The average molecular weight is 371 g/mol. The lowest BCUT2D eigenvalue weighted by Crippen LogP contribution is -2.14. The van der Waals surface area contributed by atoms with Gasteiger partial charge in [0.25, 0.3) is 5.91 Å². The Balaban J connectivity index is 1.75. The normalized spacial score (nSPS) is 10.5. The zero-order valence-electron chi connectivity index (χ0n) is 12.5. The second-order valence-electron chi connectivity index (χ2n) is 5.18. The second-order valence-corrected chi connectivity index (χ2v) is 6.04. The van der Waals surface area contributed by atoms with Crippen LogP contribution in [0.5, 0.6) is 0 Å². The van der Waals surface area contributed by atoms with E-state index in [0.717, 1.165) is 10.0 Å². The zero-order chi connectivity index (χ0) is 16.2. The van der Waals surface area contributed by atoms with Crippen LogP contribution in [0.3, 0.4) is 0 Å².